The summed E-state index contributed by atoms with van der Waals surface area (Å²) in [5.74, 6) is 0.408. The monoisotopic (exact) mass is 401 g/mol. The standard InChI is InChI=1S/C19H23N5OS2/c1-12-14(26-11-22-12)10-24-8-4-13(5-9-24)15-16-18(21-7-6-20-16)27-17(15)19(25)23(2)3/h6-7,11,13H,4-5,8-10H2,1-3H3. The molecule has 1 amide bonds. The molecule has 142 valence electrons. The fraction of sp³-hybridized carbons (Fsp3) is 0.474. The van der Waals surface area contributed by atoms with E-state index in [0.717, 1.165) is 59.0 Å². The molecule has 27 heavy (non-hydrogen) atoms. The van der Waals surface area contributed by atoms with Gasteiger partial charge in [0.2, 0.25) is 0 Å². The summed E-state index contributed by atoms with van der Waals surface area (Å²) in [6.07, 6.45) is 5.50. The summed E-state index contributed by atoms with van der Waals surface area (Å²) in [5.41, 5.74) is 5.08. The first-order chi connectivity index (χ1) is 13.0. The molecule has 0 radical (unpaired) electrons. The van der Waals surface area contributed by atoms with Crippen molar-refractivity contribution < 1.29 is 4.79 Å². The lowest BCUT2D eigenvalue weighted by molar-refractivity contribution is 0.0830. The Bertz CT molecular complexity index is 956. The van der Waals surface area contributed by atoms with Gasteiger partial charge >= 0.3 is 0 Å². The summed E-state index contributed by atoms with van der Waals surface area (Å²) in [4.78, 5) is 33.3. The van der Waals surface area contributed by atoms with Gasteiger partial charge in [-0.3, -0.25) is 14.7 Å². The molecule has 1 aliphatic heterocycles. The number of nitrogens with zero attached hydrogens (tertiary/aromatic N) is 5. The summed E-state index contributed by atoms with van der Waals surface area (Å²) in [6.45, 7) is 5.09. The van der Waals surface area contributed by atoms with Crippen LogP contribution in [0.1, 0.15) is 44.6 Å². The quantitative estimate of drug-likeness (QED) is 0.669. The second-order valence-corrected chi connectivity index (χ2v) is 9.10. The molecule has 0 aromatic carbocycles. The molecule has 6 nitrogen and oxygen atoms in total. The van der Waals surface area contributed by atoms with Crippen LogP contribution in [0.4, 0.5) is 0 Å². The van der Waals surface area contributed by atoms with E-state index in [2.05, 4.69) is 26.8 Å². The van der Waals surface area contributed by atoms with Gasteiger partial charge in [-0.1, -0.05) is 0 Å². The third kappa shape index (κ3) is 3.61. The first-order valence-electron chi connectivity index (χ1n) is 9.11. The van der Waals surface area contributed by atoms with E-state index >= 15 is 0 Å². The highest BCUT2D eigenvalue weighted by Crippen LogP contribution is 2.39. The van der Waals surface area contributed by atoms with Gasteiger partial charge in [-0.25, -0.2) is 9.97 Å². The van der Waals surface area contributed by atoms with Crippen molar-refractivity contribution in [1.82, 2.24) is 24.8 Å². The average Bonchev–Trinajstić information content (AvgIpc) is 3.25. The molecule has 0 spiro atoms. The van der Waals surface area contributed by atoms with Crippen LogP contribution >= 0.6 is 22.7 Å². The van der Waals surface area contributed by atoms with Crippen molar-refractivity contribution in [2.75, 3.05) is 27.2 Å². The number of carbonyl (C=O) groups excluding carboxylic acids is 1. The van der Waals surface area contributed by atoms with Gasteiger partial charge < -0.3 is 4.90 Å². The number of thiophene rings is 1. The van der Waals surface area contributed by atoms with Crippen LogP contribution in [0.5, 0.6) is 0 Å². The molecule has 0 atom stereocenters. The van der Waals surface area contributed by atoms with Gasteiger partial charge in [0, 0.05) is 43.5 Å². The largest absolute Gasteiger partial charge is 0.344 e. The number of aromatic nitrogens is 3. The van der Waals surface area contributed by atoms with Gasteiger partial charge in [-0.05, 0) is 38.8 Å². The third-order valence-electron chi connectivity index (χ3n) is 5.17. The van der Waals surface area contributed by atoms with Gasteiger partial charge in [0.25, 0.3) is 5.91 Å². The molecule has 3 aromatic heterocycles. The molecule has 0 unspecified atom stereocenters. The zero-order chi connectivity index (χ0) is 19.0. The normalized spacial score (nSPS) is 16.1. The lowest BCUT2D eigenvalue weighted by Crippen LogP contribution is -2.33. The molecule has 0 aliphatic carbocycles. The van der Waals surface area contributed by atoms with E-state index in [0.29, 0.717) is 5.92 Å². The molecule has 4 rings (SSSR count). The molecule has 0 bridgehead atoms. The number of piperidine rings is 1. The number of hydrogen-bond acceptors (Lipinski definition) is 7. The van der Waals surface area contributed by atoms with Crippen LogP contribution in [-0.2, 0) is 6.54 Å². The molecule has 1 aliphatic rings. The SMILES string of the molecule is Cc1ncsc1CN1CCC(c2c(C(=O)N(C)C)sc3nccnc23)CC1. The van der Waals surface area contributed by atoms with Crippen molar-refractivity contribution in [2.45, 2.75) is 32.2 Å². The fourth-order valence-electron chi connectivity index (χ4n) is 3.65. The van der Waals surface area contributed by atoms with E-state index in [1.807, 2.05) is 5.51 Å². The van der Waals surface area contributed by atoms with Crippen LogP contribution in [0.15, 0.2) is 17.9 Å². The lowest BCUT2D eigenvalue weighted by atomic mass is 9.88. The number of hydrogen-bond donors (Lipinski definition) is 0. The van der Waals surface area contributed by atoms with Gasteiger partial charge in [0.15, 0.2) is 0 Å². The second kappa shape index (κ2) is 7.61. The number of thiazole rings is 1. The topological polar surface area (TPSA) is 62.2 Å². The molecule has 1 saturated heterocycles. The van der Waals surface area contributed by atoms with Crippen molar-refractivity contribution in [1.29, 1.82) is 0 Å². The lowest BCUT2D eigenvalue weighted by Gasteiger charge is -2.32. The molecule has 8 heteroatoms. The Hall–Kier alpha value is -1.90. The minimum Gasteiger partial charge on any atom is -0.344 e. The fourth-order valence-corrected chi connectivity index (χ4v) is 5.67. The summed E-state index contributed by atoms with van der Waals surface area (Å²) >= 11 is 3.21. The minimum atomic E-state index is 0.0533. The van der Waals surface area contributed by atoms with Crippen molar-refractivity contribution in [3.63, 3.8) is 0 Å². The van der Waals surface area contributed by atoms with Gasteiger partial charge in [-0.2, -0.15) is 0 Å². The maximum atomic E-state index is 12.8. The van der Waals surface area contributed by atoms with Crippen LogP contribution in [0, 0.1) is 6.92 Å². The van der Waals surface area contributed by atoms with Crippen molar-refractivity contribution >= 4 is 38.9 Å². The van der Waals surface area contributed by atoms with Crippen molar-refractivity contribution in [2.24, 2.45) is 0 Å². The molecule has 0 saturated carbocycles. The van der Waals surface area contributed by atoms with E-state index in [1.165, 1.54) is 16.2 Å². The van der Waals surface area contributed by atoms with Crippen LogP contribution in [0.3, 0.4) is 0 Å². The Labute approximate surface area is 166 Å². The van der Waals surface area contributed by atoms with Crippen LogP contribution in [0.25, 0.3) is 10.3 Å². The number of amides is 1. The number of fused-ring (bicyclic) bond motifs is 1. The van der Waals surface area contributed by atoms with Crippen LogP contribution < -0.4 is 0 Å². The minimum absolute atomic E-state index is 0.0533. The van der Waals surface area contributed by atoms with Gasteiger partial charge in [0.05, 0.1) is 16.1 Å². The molecular weight excluding hydrogens is 378 g/mol. The Morgan fingerprint density at radius 2 is 1.96 bits per heavy atom. The number of carbonyl (C=O) groups is 1. The Morgan fingerprint density at radius 1 is 1.22 bits per heavy atom. The highest BCUT2D eigenvalue weighted by Gasteiger charge is 2.30. The van der Waals surface area contributed by atoms with Crippen LogP contribution in [-0.4, -0.2) is 57.8 Å². The number of aryl methyl sites for hydroxylation is 1. The second-order valence-electron chi connectivity index (χ2n) is 7.17. The average molecular weight is 402 g/mol. The predicted molar refractivity (Wildman–Crippen MR) is 110 cm³/mol. The van der Waals surface area contributed by atoms with E-state index in [4.69, 9.17) is 0 Å². The van der Waals surface area contributed by atoms with Gasteiger partial charge in [0.1, 0.15) is 10.3 Å². The molecular formula is C19H23N5OS2. The summed E-state index contributed by atoms with van der Waals surface area (Å²) in [5, 5.41) is 0. The Kier molecular flexibility index (Phi) is 5.21. The zero-order valence-electron chi connectivity index (χ0n) is 15.8. The molecule has 1 fully saturated rings. The molecule has 0 N–H and O–H groups in total. The highest BCUT2D eigenvalue weighted by molar-refractivity contribution is 7.20. The smallest absolute Gasteiger partial charge is 0.263 e. The van der Waals surface area contributed by atoms with E-state index in [9.17, 15) is 4.79 Å². The van der Waals surface area contributed by atoms with E-state index in [-0.39, 0.29) is 5.91 Å². The first-order valence-corrected chi connectivity index (χ1v) is 10.8. The Balaban J connectivity index is 1.57. The first kappa shape index (κ1) is 18.5. The van der Waals surface area contributed by atoms with E-state index < -0.39 is 0 Å². The maximum Gasteiger partial charge on any atom is 0.263 e. The van der Waals surface area contributed by atoms with Gasteiger partial charge in [-0.15, -0.1) is 22.7 Å². The summed E-state index contributed by atoms with van der Waals surface area (Å²) < 4.78 is 0. The van der Waals surface area contributed by atoms with E-state index in [1.54, 1.807) is 42.7 Å². The van der Waals surface area contributed by atoms with Crippen molar-refractivity contribution in [3.8, 4) is 0 Å². The molecule has 4 heterocycles. The summed E-state index contributed by atoms with van der Waals surface area (Å²) in [6, 6.07) is 0. The maximum absolute atomic E-state index is 12.8. The van der Waals surface area contributed by atoms with Crippen molar-refractivity contribution in [3.05, 3.63) is 38.9 Å². The third-order valence-corrected chi connectivity index (χ3v) is 7.18. The Morgan fingerprint density at radius 3 is 2.63 bits per heavy atom. The highest BCUT2D eigenvalue weighted by atomic mass is 32.1. The predicted octanol–water partition coefficient (Wildman–Crippen LogP) is 3.54. The van der Waals surface area contributed by atoms with Crippen LogP contribution in [0.2, 0.25) is 0 Å². The zero-order valence-corrected chi connectivity index (χ0v) is 17.4. The summed E-state index contributed by atoms with van der Waals surface area (Å²) in [7, 11) is 3.61. The number of likely N-dealkylation sites (tertiary alicyclic amines) is 1. The molecule has 3 aromatic rings. The number of rotatable bonds is 4.